The summed E-state index contributed by atoms with van der Waals surface area (Å²) in [5, 5.41) is 14.7. The monoisotopic (exact) mass is 343 g/mol. The topological polar surface area (TPSA) is 64.9 Å². The first-order chi connectivity index (χ1) is 10.1. The number of nitrogens with zero attached hydrogens (tertiary/aromatic N) is 1. The molecule has 2 aromatic carbocycles. The number of carbonyl (C=O) groups is 1. The highest BCUT2D eigenvalue weighted by atomic mass is 79.9. The first-order valence-corrected chi connectivity index (χ1v) is 7.18. The van der Waals surface area contributed by atoms with E-state index in [0.717, 1.165) is 15.7 Å². The lowest BCUT2D eigenvalue weighted by molar-refractivity contribution is 0.0963. The van der Waals surface area contributed by atoms with Crippen LogP contribution in [0.15, 0.2) is 46.9 Å². The van der Waals surface area contributed by atoms with Gasteiger partial charge < -0.3 is 10.6 Å². The van der Waals surface area contributed by atoms with Crippen molar-refractivity contribution in [3.63, 3.8) is 0 Å². The average molecular weight is 344 g/mol. The Labute approximate surface area is 131 Å². The third-order valence-electron chi connectivity index (χ3n) is 3.00. The summed E-state index contributed by atoms with van der Waals surface area (Å²) in [6.45, 7) is 0.593. The van der Waals surface area contributed by atoms with E-state index in [1.807, 2.05) is 24.3 Å². The molecule has 0 radical (unpaired) electrons. The van der Waals surface area contributed by atoms with Gasteiger partial charge in [0.05, 0.1) is 11.6 Å². The van der Waals surface area contributed by atoms with Gasteiger partial charge in [0.1, 0.15) is 0 Å². The lowest BCUT2D eigenvalue weighted by Crippen LogP contribution is -2.18. The van der Waals surface area contributed by atoms with E-state index in [1.165, 1.54) is 0 Å². The normalized spacial score (nSPS) is 9.76. The first-order valence-electron chi connectivity index (χ1n) is 6.38. The molecule has 0 bridgehead atoms. The molecule has 0 aliphatic carbocycles. The zero-order chi connectivity index (χ0) is 15.2. The molecule has 2 N–H and O–H groups in total. The number of halogens is 1. The van der Waals surface area contributed by atoms with Crippen molar-refractivity contribution in [3.8, 4) is 6.07 Å². The number of hydrogen-bond donors (Lipinski definition) is 2. The molecule has 5 heteroatoms. The molecule has 0 saturated carbocycles. The number of hydrogen-bond acceptors (Lipinski definition) is 3. The number of amides is 1. The Bertz CT molecular complexity index is 707. The smallest absolute Gasteiger partial charge is 0.251 e. The highest BCUT2D eigenvalue weighted by Gasteiger charge is 2.05. The van der Waals surface area contributed by atoms with Crippen LogP contribution in [0.4, 0.5) is 5.69 Å². The number of benzene rings is 2. The first kappa shape index (κ1) is 15.1. The van der Waals surface area contributed by atoms with E-state index < -0.39 is 0 Å². The number of anilines is 1. The summed E-state index contributed by atoms with van der Waals surface area (Å²) in [5.74, 6) is -0.101. The molecule has 2 aromatic rings. The van der Waals surface area contributed by atoms with Gasteiger partial charge in [0.15, 0.2) is 0 Å². The molecule has 1 amide bonds. The van der Waals surface area contributed by atoms with Crippen LogP contribution in [-0.4, -0.2) is 13.0 Å². The van der Waals surface area contributed by atoms with Crippen LogP contribution in [0, 0.1) is 11.3 Å². The standard InChI is InChI=1S/C16H14BrN3O/c1-19-16(21)13-4-2-3-12(7-13)10-20-15-6-5-11(9-18)8-14(15)17/h2-8,20H,10H2,1H3,(H,19,21). The van der Waals surface area contributed by atoms with Crippen LogP contribution in [0.2, 0.25) is 0 Å². The molecule has 0 atom stereocenters. The fourth-order valence-corrected chi connectivity index (χ4v) is 2.41. The number of rotatable bonds is 4. The number of nitriles is 1. The SMILES string of the molecule is CNC(=O)c1cccc(CNc2ccc(C#N)cc2Br)c1. The third-order valence-corrected chi connectivity index (χ3v) is 3.65. The molecular weight excluding hydrogens is 330 g/mol. The van der Waals surface area contributed by atoms with E-state index in [0.29, 0.717) is 17.7 Å². The van der Waals surface area contributed by atoms with Gasteiger partial charge in [-0.2, -0.15) is 5.26 Å². The number of carbonyl (C=O) groups excluding carboxylic acids is 1. The Morgan fingerprint density at radius 3 is 2.76 bits per heavy atom. The second-order valence-electron chi connectivity index (χ2n) is 4.44. The van der Waals surface area contributed by atoms with Gasteiger partial charge in [-0.15, -0.1) is 0 Å². The molecule has 0 spiro atoms. The van der Waals surface area contributed by atoms with Gasteiger partial charge in [-0.25, -0.2) is 0 Å². The maximum Gasteiger partial charge on any atom is 0.251 e. The predicted octanol–water partition coefficient (Wildman–Crippen LogP) is 3.29. The van der Waals surface area contributed by atoms with Crippen LogP contribution < -0.4 is 10.6 Å². The third kappa shape index (κ3) is 3.83. The summed E-state index contributed by atoms with van der Waals surface area (Å²) in [5.41, 5.74) is 3.15. The molecule has 0 aliphatic heterocycles. The van der Waals surface area contributed by atoms with E-state index in [-0.39, 0.29) is 5.91 Å². The second kappa shape index (κ2) is 6.91. The molecular formula is C16H14BrN3O. The van der Waals surface area contributed by atoms with E-state index in [4.69, 9.17) is 5.26 Å². The van der Waals surface area contributed by atoms with Crippen molar-refractivity contribution in [2.24, 2.45) is 0 Å². The maximum absolute atomic E-state index is 11.6. The average Bonchev–Trinajstić information content (AvgIpc) is 2.53. The molecule has 21 heavy (non-hydrogen) atoms. The van der Waals surface area contributed by atoms with Crippen molar-refractivity contribution < 1.29 is 4.79 Å². The van der Waals surface area contributed by atoms with Gasteiger partial charge in [0.25, 0.3) is 5.91 Å². The van der Waals surface area contributed by atoms with Gasteiger partial charge >= 0.3 is 0 Å². The summed E-state index contributed by atoms with van der Waals surface area (Å²) >= 11 is 3.43. The molecule has 0 aliphatic rings. The summed E-state index contributed by atoms with van der Waals surface area (Å²) in [7, 11) is 1.61. The largest absolute Gasteiger partial charge is 0.380 e. The minimum Gasteiger partial charge on any atom is -0.380 e. The van der Waals surface area contributed by atoms with Crippen molar-refractivity contribution in [1.82, 2.24) is 5.32 Å². The predicted molar refractivity (Wildman–Crippen MR) is 86.0 cm³/mol. The van der Waals surface area contributed by atoms with Crippen molar-refractivity contribution in [2.45, 2.75) is 6.54 Å². The molecule has 106 valence electrons. The molecule has 0 unspecified atom stereocenters. The van der Waals surface area contributed by atoms with Gasteiger partial charge in [-0.05, 0) is 51.8 Å². The summed E-state index contributed by atoms with van der Waals surface area (Å²) < 4.78 is 0.837. The van der Waals surface area contributed by atoms with Crippen LogP contribution in [0.25, 0.3) is 0 Å². The maximum atomic E-state index is 11.6. The molecule has 0 aromatic heterocycles. The van der Waals surface area contributed by atoms with Crippen molar-refractivity contribution in [2.75, 3.05) is 12.4 Å². The second-order valence-corrected chi connectivity index (χ2v) is 5.29. The van der Waals surface area contributed by atoms with E-state index in [1.54, 1.807) is 25.2 Å². The fourth-order valence-electron chi connectivity index (χ4n) is 1.89. The minimum absolute atomic E-state index is 0.101. The molecule has 0 heterocycles. The Kier molecular flexibility index (Phi) is 4.96. The summed E-state index contributed by atoms with van der Waals surface area (Å²) in [6.07, 6.45) is 0. The van der Waals surface area contributed by atoms with Crippen molar-refractivity contribution >= 4 is 27.5 Å². The van der Waals surface area contributed by atoms with E-state index in [9.17, 15) is 4.79 Å². The van der Waals surface area contributed by atoms with Crippen LogP contribution in [-0.2, 0) is 6.54 Å². The van der Waals surface area contributed by atoms with Gasteiger partial charge in [-0.3, -0.25) is 4.79 Å². The van der Waals surface area contributed by atoms with Crippen molar-refractivity contribution in [1.29, 1.82) is 5.26 Å². The van der Waals surface area contributed by atoms with Gasteiger partial charge in [0, 0.05) is 29.3 Å². The minimum atomic E-state index is -0.101. The zero-order valence-corrected chi connectivity index (χ0v) is 13.1. The lowest BCUT2D eigenvalue weighted by atomic mass is 10.1. The van der Waals surface area contributed by atoms with Gasteiger partial charge in [0.2, 0.25) is 0 Å². The van der Waals surface area contributed by atoms with E-state index in [2.05, 4.69) is 32.6 Å². The van der Waals surface area contributed by atoms with Crippen LogP contribution >= 0.6 is 15.9 Å². The zero-order valence-electron chi connectivity index (χ0n) is 11.5. The Hall–Kier alpha value is -2.32. The summed E-state index contributed by atoms with van der Waals surface area (Å²) in [6, 6.07) is 14.9. The molecule has 0 fully saturated rings. The van der Waals surface area contributed by atoms with E-state index >= 15 is 0 Å². The van der Waals surface area contributed by atoms with Crippen LogP contribution in [0.3, 0.4) is 0 Å². The summed E-state index contributed by atoms with van der Waals surface area (Å²) in [4.78, 5) is 11.6. The van der Waals surface area contributed by atoms with Crippen molar-refractivity contribution in [3.05, 3.63) is 63.6 Å². The molecule has 2 rings (SSSR count). The van der Waals surface area contributed by atoms with Crippen LogP contribution in [0.5, 0.6) is 0 Å². The van der Waals surface area contributed by atoms with Gasteiger partial charge in [-0.1, -0.05) is 12.1 Å². The molecule has 4 nitrogen and oxygen atoms in total. The fraction of sp³-hybridized carbons (Fsp3) is 0.125. The quantitative estimate of drug-likeness (QED) is 0.895. The Balaban J connectivity index is 2.10. The van der Waals surface area contributed by atoms with Crippen LogP contribution in [0.1, 0.15) is 21.5 Å². The highest BCUT2D eigenvalue weighted by molar-refractivity contribution is 9.10. The lowest BCUT2D eigenvalue weighted by Gasteiger charge is -2.10. The number of nitrogens with one attached hydrogen (secondary N) is 2. The highest BCUT2D eigenvalue weighted by Crippen LogP contribution is 2.24. The Morgan fingerprint density at radius 1 is 1.29 bits per heavy atom. The molecule has 0 saturated heterocycles. The Morgan fingerprint density at radius 2 is 2.10 bits per heavy atom.